The second-order valence-electron chi connectivity index (χ2n) is 3.45. The maximum absolute atomic E-state index is 10.9. The second kappa shape index (κ2) is 4.65. The number of aryl methyl sites for hydroxylation is 1. The summed E-state index contributed by atoms with van der Waals surface area (Å²) in [6.07, 6.45) is 0. The molecule has 2 aromatic rings. The third-order valence-corrected chi connectivity index (χ3v) is 2.22. The molecular formula is C11H11N3O3. The van der Waals surface area contributed by atoms with Crippen LogP contribution in [-0.2, 0) is 13.7 Å². The van der Waals surface area contributed by atoms with Gasteiger partial charge in [-0.05, 0) is 5.56 Å². The topological polar surface area (TPSA) is 77.2 Å². The minimum atomic E-state index is -1.11. The lowest BCUT2D eigenvalue weighted by Crippen LogP contribution is -2.08. The number of carbonyl (C=O) groups is 1. The van der Waals surface area contributed by atoms with E-state index in [-0.39, 0.29) is 18.2 Å². The highest BCUT2D eigenvalue weighted by Gasteiger charge is 2.18. The molecule has 6 heteroatoms. The number of benzene rings is 1. The Morgan fingerprint density at radius 3 is 2.76 bits per heavy atom. The summed E-state index contributed by atoms with van der Waals surface area (Å²) in [6.45, 7) is 0.264. The van der Waals surface area contributed by atoms with Crippen molar-refractivity contribution in [2.45, 2.75) is 6.61 Å². The normalized spacial score (nSPS) is 10.2. The van der Waals surface area contributed by atoms with Crippen molar-refractivity contribution in [1.29, 1.82) is 0 Å². The summed E-state index contributed by atoms with van der Waals surface area (Å²) in [4.78, 5) is 10.9. The summed E-state index contributed by atoms with van der Waals surface area (Å²) >= 11 is 0. The molecule has 0 amide bonds. The largest absolute Gasteiger partial charge is 0.476 e. The van der Waals surface area contributed by atoms with E-state index in [1.807, 2.05) is 30.3 Å². The van der Waals surface area contributed by atoms with Crippen LogP contribution >= 0.6 is 0 Å². The van der Waals surface area contributed by atoms with Gasteiger partial charge in [0.1, 0.15) is 6.61 Å². The van der Waals surface area contributed by atoms with Crippen LogP contribution in [0, 0.1) is 0 Å². The van der Waals surface area contributed by atoms with Crippen molar-refractivity contribution in [3.8, 4) is 5.88 Å². The van der Waals surface area contributed by atoms with Gasteiger partial charge in [-0.2, -0.15) is 0 Å². The number of rotatable bonds is 4. The molecule has 0 fully saturated rings. The zero-order chi connectivity index (χ0) is 12.3. The third kappa shape index (κ3) is 2.41. The average molecular weight is 233 g/mol. The molecule has 0 atom stereocenters. The number of carboxylic acid groups (broad SMARTS) is 1. The van der Waals surface area contributed by atoms with Gasteiger partial charge in [-0.15, -0.1) is 0 Å². The van der Waals surface area contributed by atoms with Gasteiger partial charge in [0.05, 0.1) is 0 Å². The molecule has 0 aliphatic rings. The molecule has 0 unspecified atom stereocenters. The lowest BCUT2D eigenvalue weighted by molar-refractivity contribution is 0.0679. The Morgan fingerprint density at radius 1 is 1.41 bits per heavy atom. The standard InChI is InChI=1S/C11H11N3O3/c1-14-9(11(15)16)10(12-13-14)17-7-8-5-3-2-4-6-8/h2-6H,7H2,1H3,(H,15,16). The van der Waals surface area contributed by atoms with Gasteiger partial charge in [0.15, 0.2) is 0 Å². The highest BCUT2D eigenvalue weighted by molar-refractivity contribution is 5.87. The lowest BCUT2D eigenvalue weighted by Gasteiger charge is -2.03. The fourth-order valence-corrected chi connectivity index (χ4v) is 1.39. The molecule has 6 nitrogen and oxygen atoms in total. The van der Waals surface area contributed by atoms with Gasteiger partial charge in [0, 0.05) is 7.05 Å². The lowest BCUT2D eigenvalue weighted by atomic mass is 10.2. The first-order valence-corrected chi connectivity index (χ1v) is 4.98. The smallest absolute Gasteiger partial charge is 0.359 e. The van der Waals surface area contributed by atoms with Gasteiger partial charge in [-0.25, -0.2) is 9.48 Å². The molecule has 1 N–H and O–H groups in total. The van der Waals surface area contributed by atoms with E-state index in [0.717, 1.165) is 5.56 Å². The van der Waals surface area contributed by atoms with Crippen LogP contribution in [0.2, 0.25) is 0 Å². The van der Waals surface area contributed by atoms with Crippen LogP contribution in [0.15, 0.2) is 30.3 Å². The van der Waals surface area contributed by atoms with Gasteiger partial charge < -0.3 is 9.84 Å². The molecule has 0 bridgehead atoms. The first-order valence-electron chi connectivity index (χ1n) is 4.98. The van der Waals surface area contributed by atoms with E-state index in [1.54, 1.807) is 0 Å². The Balaban J connectivity index is 2.12. The molecule has 0 aliphatic heterocycles. The molecule has 1 aromatic heterocycles. The van der Waals surface area contributed by atoms with Crippen molar-refractivity contribution < 1.29 is 14.6 Å². The highest BCUT2D eigenvalue weighted by Crippen LogP contribution is 2.15. The van der Waals surface area contributed by atoms with E-state index in [4.69, 9.17) is 9.84 Å². The van der Waals surface area contributed by atoms with Crippen LogP contribution in [0.4, 0.5) is 0 Å². The Hall–Kier alpha value is -2.37. The molecule has 0 radical (unpaired) electrons. The second-order valence-corrected chi connectivity index (χ2v) is 3.45. The van der Waals surface area contributed by atoms with Crippen LogP contribution < -0.4 is 4.74 Å². The maximum atomic E-state index is 10.9. The minimum absolute atomic E-state index is 0.0313. The molecule has 1 heterocycles. The van der Waals surface area contributed by atoms with E-state index in [1.165, 1.54) is 11.7 Å². The summed E-state index contributed by atoms with van der Waals surface area (Å²) in [5.74, 6) is -1.08. The van der Waals surface area contributed by atoms with Crippen molar-refractivity contribution in [3.63, 3.8) is 0 Å². The van der Waals surface area contributed by atoms with E-state index in [0.29, 0.717) is 0 Å². The van der Waals surface area contributed by atoms with Crippen LogP contribution in [0.25, 0.3) is 0 Å². The summed E-state index contributed by atoms with van der Waals surface area (Å²) in [6, 6.07) is 9.43. The number of hydrogen-bond donors (Lipinski definition) is 1. The maximum Gasteiger partial charge on any atom is 0.359 e. The number of aromatic nitrogens is 3. The molecular weight excluding hydrogens is 222 g/mol. The monoisotopic (exact) mass is 233 g/mol. The molecule has 0 spiro atoms. The molecule has 17 heavy (non-hydrogen) atoms. The number of nitrogens with zero attached hydrogens (tertiary/aromatic N) is 3. The van der Waals surface area contributed by atoms with Gasteiger partial charge >= 0.3 is 5.97 Å². The first-order chi connectivity index (χ1) is 8.18. The molecule has 1 aromatic carbocycles. The number of ether oxygens (including phenoxy) is 1. The van der Waals surface area contributed by atoms with E-state index >= 15 is 0 Å². The van der Waals surface area contributed by atoms with Crippen LogP contribution in [0.1, 0.15) is 16.1 Å². The molecule has 0 saturated heterocycles. The van der Waals surface area contributed by atoms with Crippen LogP contribution in [0.5, 0.6) is 5.88 Å². The van der Waals surface area contributed by atoms with E-state index in [2.05, 4.69) is 10.3 Å². The quantitative estimate of drug-likeness (QED) is 0.855. The molecule has 0 aliphatic carbocycles. The first kappa shape index (κ1) is 11.1. The SMILES string of the molecule is Cn1nnc(OCc2ccccc2)c1C(=O)O. The van der Waals surface area contributed by atoms with Crippen molar-refractivity contribution in [1.82, 2.24) is 15.0 Å². The summed E-state index contributed by atoms with van der Waals surface area (Å²) in [7, 11) is 1.51. The van der Waals surface area contributed by atoms with Crippen molar-refractivity contribution in [2.75, 3.05) is 0 Å². The van der Waals surface area contributed by atoms with Crippen molar-refractivity contribution in [3.05, 3.63) is 41.6 Å². The van der Waals surface area contributed by atoms with E-state index < -0.39 is 5.97 Å². The Morgan fingerprint density at radius 2 is 2.12 bits per heavy atom. The van der Waals surface area contributed by atoms with Gasteiger partial charge in [-0.3, -0.25) is 0 Å². The van der Waals surface area contributed by atoms with Crippen LogP contribution in [-0.4, -0.2) is 26.1 Å². The van der Waals surface area contributed by atoms with Crippen LogP contribution in [0.3, 0.4) is 0 Å². The van der Waals surface area contributed by atoms with Gasteiger partial charge in [0.2, 0.25) is 5.69 Å². The summed E-state index contributed by atoms with van der Waals surface area (Å²) in [5.41, 5.74) is 0.885. The molecule has 0 saturated carbocycles. The summed E-state index contributed by atoms with van der Waals surface area (Å²) in [5, 5.41) is 16.2. The zero-order valence-corrected chi connectivity index (χ0v) is 9.20. The number of carboxylic acids is 1. The van der Waals surface area contributed by atoms with E-state index in [9.17, 15) is 4.79 Å². The van der Waals surface area contributed by atoms with Gasteiger partial charge in [-0.1, -0.05) is 40.6 Å². The minimum Gasteiger partial charge on any atom is -0.476 e. The van der Waals surface area contributed by atoms with Crippen molar-refractivity contribution in [2.24, 2.45) is 7.05 Å². The number of aromatic carboxylic acids is 1. The summed E-state index contributed by atoms with van der Waals surface area (Å²) < 4.78 is 6.50. The third-order valence-electron chi connectivity index (χ3n) is 2.22. The Kier molecular flexibility index (Phi) is 3.04. The fraction of sp³-hybridized carbons (Fsp3) is 0.182. The Labute approximate surface area is 97.4 Å². The average Bonchev–Trinajstić information content (AvgIpc) is 2.69. The zero-order valence-electron chi connectivity index (χ0n) is 9.20. The fourth-order valence-electron chi connectivity index (χ4n) is 1.39. The predicted octanol–water partition coefficient (Wildman–Crippen LogP) is 1.09. The highest BCUT2D eigenvalue weighted by atomic mass is 16.5. The predicted molar refractivity (Wildman–Crippen MR) is 58.7 cm³/mol. The van der Waals surface area contributed by atoms with Crippen molar-refractivity contribution >= 4 is 5.97 Å². The van der Waals surface area contributed by atoms with Gasteiger partial charge in [0.25, 0.3) is 5.88 Å². The molecule has 2 rings (SSSR count). The number of hydrogen-bond acceptors (Lipinski definition) is 4. The Bertz CT molecular complexity index is 522. The molecule has 88 valence electrons.